The number of carboxylic acid groups (broad SMARTS) is 1. The van der Waals surface area contributed by atoms with Crippen molar-refractivity contribution in [3.05, 3.63) is 33.4 Å². The van der Waals surface area contributed by atoms with E-state index in [2.05, 4.69) is 36.4 Å². The SMILES string of the molecule is Cc1c(C#C[Si](C)(C)C)c(C)c(CC(=O)O)c(C)c1CNCC(=O)OC(C)(C)C. The van der Waals surface area contributed by atoms with Crippen LogP contribution in [0, 0.1) is 32.2 Å². The molecule has 160 valence electrons. The molecule has 0 heterocycles. The lowest BCUT2D eigenvalue weighted by molar-refractivity contribution is -0.153. The highest BCUT2D eigenvalue weighted by atomic mass is 28.3. The minimum Gasteiger partial charge on any atom is -0.481 e. The van der Waals surface area contributed by atoms with Gasteiger partial charge in [-0.25, -0.2) is 0 Å². The zero-order valence-electron chi connectivity index (χ0n) is 19.3. The predicted octanol–water partition coefficient (Wildman–Crippen LogP) is 3.90. The molecule has 0 spiro atoms. The van der Waals surface area contributed by atoms with E-state index in [1.165, 1.54) is 0 Å². The van der Waals surface area contributed by atoms with Crippen LogP contribution < -0.4 is 5.32 Å². The van der Waals surface area contributed by atoms with Gasteiger partial charge in [0.15, 0.2) is 0 Å². The number of aliphatic carboxylic acids is 1. The zero-order valence-corrected chi connectivity index (χ0v) is 20.3. The number of hydrogen-bond acceptors (Lipinski definition) is 4. The second-order valence-corrected chi connectivity index (χ2v) is 14.2. The molecule has 1 rings (SSSR count). The van der Waals surface area contributed by atoms with E-state index in [9.17, 15) is 14.7 Å². The Morgan fingerprint density at radius 1 is 1.03 bits per heavy atom. The third-order valence-corrected chi connectivity index (χ3v) is 5.32. The first-order valence-electron chi connectivity index (χ1n) is 9.91. The van der Waals surface area contributed by atoms with Crippen LogP contribution in [0.4, 0.5) is 0 Å². The van der Waals surface area contributed by atoms with Gasteiger partial charge in [-0.3, -0.25) is 9.59 Å². The van der Waals surface area contributed by atoms with Crippen LogP contribution in [0.1, 0.15) is 54.2 Å². The molecule has 0 unspecified atom stereocenters. The minimum absolute atomic E-state index is 0.0430. The van der Waals surface area contributed by atoms with E-state index in [4.69, 9.17) is 4.74 Å². The van der Waals surface area contributed by atoms with Crippen LogP contribution in [0.2, 0.25) is 19.6 Å². The van der Waals surface area contributed by atoms with Gasteiger partial charge in [0.1, 0.15) is 13.7 Å². The maximum atomic E-state index is 12.0. The average molecular weight is 418 g/mol. The number of rotatable bonds is 6. The Hall–Kier alpha value is -2.10. The van der Waals surface area contributed by atoms with Crippen molar-refractivity contribution in [2.45, 2.75) is 79.8 Å². The first-order chi connectivity index (χ1) is 13.1. The Labute approximate surface area is 176 Å². The van der Waals surface area contributed by atoms with Crippen LogP contribution in [0.5, 0.6) is 0 Å². The first-order valence-corrected chi connectivity index (χ1v) is 13.4. The number of carbonyl (C=O) groups is 2. The van der Waals surface area contributed by atoms with Crippen LogP contribution in [-0.2, 0) is 27.3 Å². The lowest BCUT2D eigenvalue weighted by atomic mass is 9.87. The molecule has 0 amide bonds. The van der Waals surface area contributed by atoms with Crippen LogP contribution in [0.3, 0.4) is 0 Å². The minimum atomic E-state index is -1.58. The van der Waals surface area contributed by atoms with Crippen LogP contribution in [-0.4, -0.2) is 37.3 Å². The Bertz CT molecular complexity index is 849. The van der Waals surface area contributed by atoms with Gasteiger partial charge < -0.3 is 15.2 Å². The van der Waals surface area contributed by atoms with Gasteiger partial charge in [-0.15, -0.1) is 5.54 Å². The largest absolute Gasteiger partial charge is 0.481 e. The average Bonchev–Trinajstić information content (AvgIpc) is 2.51. The molecule has 0 atom stereocenters. The molecular weight excluding hydrogens is 382 g/mol. The number of hydrogen-bond donors (Lipinski definition) is 2. The van der Waals surface area contributed by atoms with Gasteiger partial charge in [-0.05, 0) is 69.4 Å². The number of carbonyl (C=O) groups excluding carboxylic acids is 1. The summed E-state index contributed by atoms with van der Waals surface area (Å²) < 4.78 is 5.33. The molecule has 0 aliphatic heterocycles. The second kappa shape index (κ2) is 9.60. The van der Waals surface area contributed by atoms with Gasteiger partial charge in [0, 0.05) is 12.1 Å². The van der Waals surface area contributed by atoms with Gasteiger partial charge in [-0.2, -0.15) is 0 Å². The molecule has 1 aromatic rings. The summed E-state index contributed by atoms with van der Waals surface area (Å²) in [7, 11) is -1.58. The molecule has 1 aromatic carbocycles. The smallest absolute Gasteiger partial charge is 0.320 e. The number of nitrogens with one attached hydrogen (secondary N) is 1. The summed E-state index contributed by atoms with van der Waals surface area (Å²) in [6.07, 6.45) is -0.0430. The number of benzene rings is 1. The van der Waals surface area contributed by atoms with Gasteiger partial charge >= 0.3 is 11.9 Å². The molecule has 29 heavy (non-hydrogen) atoms. The van der Waals surface area contributed by atoms with E-state index < -0.39 is 19.6 Å². The fourth-order valence-electron chi connectivity index (χ4n) is 3.11. The molecule has 0 aliphatic carbocycles. The fourth-order valence-corrected chi connectivity index (χ4v) is 3.61. The molecule has 0 aliphatic rings. The van der Waals surface area contributed by atoms with Crippen molar-refractivity contribution in [3.63, 3.8) is 0 Å². The maximum absolute atomic E-state index is 12.0. The number of esters is 1. The molecule has 5 nitrogen and oxygen atoms in total. The monoisotopic (exact) mass is 417 g/mol. The third kappa shape index (κ3) is 8.04. The Balaban J connectivity index is 3.29. The Morgan fingerprint density at radius 3 is 2.07 bits per heavy atom. The molecule has 0 fully saturated rings. The van der Waals surface area contributed by atoms with Crippen LogP contribution in [0.25, 0.3) is 0 Å². The molecule has 2 N–H and O–H groups in total. The zero-order chi connectivity index (χ0) is 22.6. The van der Waals surface area contributed by atoms with Crippen LogP contribution in [0.15, 0.2) is 0 Å². The molecule has 0 saturated heterocycles. The van der Waals surface area contributed by atoms with Crippen molar-refractivity contribution in [2.24, 2.45) is 0 Å². The predicted molar refractivity (Wildman–Crippen MR) is 120 cm³/mol. The topological polar surface area (TPSA) is 75.6 Å². The lowest BCUT2D eigenvalue weighted by Gasteiger charge is -2.21. The quantitative estimate of drug-likeness (QED) is 0.417. The normalized spacial score (nSPS) is 11.6. The van der Waals surface area contributed by atoms with Crippen molar-refractivity contribution < 1.29 is 19.4 Å². The third-order valence-electron chi connectivity index (χ3n) is 4.44. The molecular formula is C23H35NO4Si. The first kappa shape index (κ1) is 24.9. The van der Waals surface area contributed by atoms with Gasteiger partial charge in [0.05, 0.1) is 13.0 Å². The molecule has 0 radical (unpaired) electrons. The van der Waals surface area contributed by atoms with Gasteiger partial charge in [-0.1, -0.05) is 25.6 Å². The second-order valence-electron chi connectivity index (χ2n) is 9.47. The highest BCUT2D eigenvalue weighted by Crippen LogP contribution is 2.27. The Kier molecular flexibility index (Phi) is 8.25. The summed E-state index contributed by atoms with van der Waals surface area (Å²) in [4.78, 5) is 23.4. The Morgan fingerprint density at radius 2 is 1.59 bits per heavy atom. The standard InChI is InChI=1S/C23H35NO4Si/c1-15-18(10-11-29(7,8)9)16(2)20(17(3)19(15)12-21(25)26)13-24-14-22(27)28-23(4,5)6/h24H,12-14H2,1-9H3,(H,25,26). The van der Waals surface area contributed by atoms with Crippen molar-refractivity contribution in [3.8, 4) is 11.5 Å². The van der Waals surface area contributed by atoms with Crippen molar-refractivity contribution >= 4 is 20.0 Å². The van der Waals surface area contributed by atoms with E-state index in [0.29, 0.717) is 6.54 Å². The number of ether oxygens (including phenoxy) is 1. The lowest BCUT2D eigenvalue weighted by Crippen LogP contribution is -2.31. The molecule has 0 saturated carbocycles. The highest BCUT2D eigenvalue weighted by Gasteiger charge is 2.20. The summed E-state index contributed by atoms with van der Waals surface area (Å²) >= 11 is 0. The van der Waals surface area contributed by atoms with Crippen molar-refractivity contribution in [1.82, 2.24) is 5.32 Å². The summed E-state index contributed by atoms with van der Waals surface area (Å²) in [5, 5.41) is 12.5. The summed E-state index contributed by atoms with van der Waals surface area (Å²) in [5.41, 5.74) is 8.49. The number of carboxylic acids is 1. The van der Waals surface area contributed by atoms with E-state index in [1.54, 1.807) is 0 Å². The van der Waals surface area contributed by atoms with Gasteiger partial charge in [0.25, 0.3) is 0 Å². The van der Waals surface area contributed by atoms with E-state index in [1.807, 2.05) is 41.5 Å². The van der Waals surface area contributed by atoms with Crippen molar-refractivity contribution in [2.75, 3.05) is 6.54 Å². The molecule has 0 aromatic heterocycles. The van der Waals surface area contributed by atoms with Gasteiger partial charge in [0.2, 0.25) is 0 Å². The maximum Gasteiger partial charge on any atom is 0.320 e. The highest BCUT2D eigenvalue weighted by molar-refractivity contribution is 6.83. The molecule has 6 heteroatoms. The summed E-state index contributed by atoms with van der Waals surface area (Å²) in [6, 6.07) is 0. The van der Waals surface area contributed by atoms with Crippen LogP contribution >= 0.6 is 0 Å². The van der Waals surface area contributed by atoms with E-state index in [-0.39, 0.29) is 18.9 Å². The summed E-state index contributed by atoms with van der Waals surface area (Å²) in [5.74, 6) is 2.15. The summed E-state index contributed by atoms with van der Waals surface area (Å²) in [6.45, 7) is 18.5. The van der Waals surface area contributed by atoms with Crippen molar-refractivity contribution in [1.29, 1.82) is 0 Å². The van der Waals surface area contributed by atoms with E-state index in [0.717, 1.165) is 33.4 Å². The van der Waals surface area contributed by atoms with E-state index >= 15 is 0 Å². The molecule has 0 bridgehead atoms. The fraction of sp³-hybridized carbons (Fsp3) is 0.565.